The normalized spacial score (nSPS) is 9.00. The number of anilines is 3. The van der Waals surface area contributed by atoms with Gasteiger partial charge in [0.2, 0.25) is 0 Å². The van der Waals surface area contributed by atoms with E-state index in [0.29, 0.717) is 0 Å². The van der Waals surface area contributed by atoms with Crippen LogP contribution in [0.25, 0.3) is 0 Å². The van der Waals surface area contributed by atoms with Crippen LogP contribution in [0.1, 0.15) is 5.56 Å². The molecule has 0 saturated heterocycles. The van der Waals surface area contributed by atoms with Crippen LogP contribution >= 0.6 is 0 Å². The molecule has 0 radical (unpaired) electrons. The summed E-state index contributed by atoms with van der Waals surface area (Å²) < 4.78 is 0. The highest BCUT2D eigenvalue weighted by Crippen LogP contribution is 2.22. The van der Waals surface area contributed by atoms with Crippen molar-refractivity contribution < 1.29 is 0 Å². The molecule has 0 unspecified atom stereocenters. The molecule has 1 aromatic heterocycles. The fourth-order valence-electron chi connectivity index (χ4n) is 0.645. The Kier molecular flexibility index (Phi) is 1.52. The Bertz CT molecular complexity index is 324. The molecule has 1 heterocycles. The first-order valence-electron chi connectivity index (χ1n) is 2.86. The lowest BCUT2D eigenvalue weighted by molar-refractivity contribution is 1.31. The molecule has 5 nitrogen and oxygen atoms in total. The Hall–Kier alpha value is -1.96. The predicted molar refractivity (Wildman–Crippen MR) is 42.2 cm³/mol. The summed E-state index contributed by atoms with van der Waals surface area (Å²) in [5.74, 6) is 0.154. The molecule has 0 amide bonds. The third kappa shape index (κ3) is 1.01. The molecule has 5 heteroatoms. The predicted octanol–water partition coefficient (Wildman–Crippen LogP) is -0.300. The van der Waals surface area contributed by atoms with E-state index in [0.717, 1.165) is 0 Å². The van der Waals surface area contributed by atoms with Gasteiger partial charge in [-0.1, -0.05) is 0 Å². The first-order valence-corrected chi connectivity index (χ1v) is 2.86. The third-order valence-electron chi connectivity index (χ3n) is 1.31. The highest BCUT2D eigenvalue weighted by Gasteiger charge is 2.05. The second-order valence-corrected chi connectivity index (χ2v) is 2.00. The van der Waals surface area contributed by atoms with Gasteiger partial charge >= 0.3 is 0 Å². The van der Waals surface area contributed by atoms with Gasteiger partial charge in [0.1, 0.15) is 11.9 Å². The van der Waals surface area contributed by atoms with Crippen LogP contribution in [0.5, 0.6) is 0 Å². The first kappa shape index (κ1) is 7.15. The van der Waals surface area contributed by atoms with Crippen LogP contribution in [-0.4, -0.2) is 4.98 Å². The van der Waals surface area contributed by atoms with Crippen molar-refractivity contribution in [3.05, 3.63) is 11.8 Å². The molecule has 0 aliphatic heterocycles. The number of rotatable bonds is 0. The average molecular weight is 149 g/mol. The van der Waals surface area contributed by atoms with E-state index in [1.54, 1.807) is 0 Å². The van der Waals surface area contributed by atoms with Gasteiger partial charge in [0.25, 0.3) is 0 Å². The molecule has 56 valence electrons. The number of nitrogen functional groups attached to an aromatic ring is 3. The van der Waals surface area contributed by atoms with Gasteiger partial charge in [-0.15, -0.1) is 0 Å². The van der Waals surface area contributed by atoms with E-state index in [1.807, 2.05) is 6.07 Å². The van der Waals surface area contributed by atoms with E-state index in [1.165, 1.54) is 6.20 Å². The number of hydrogen-bond acceptors (Lipinski definition) is 5. The molecule has 0 aromatic carbocycles. The molecule has 0 spiro atoms. The van der Waals surface area contributed by atoms with Gasteiger partial charge in [-0.2, -0.15) is 5.26 Å². The summed E-state index contributed by atoms with van der Waals surface area (Å²) in [6.45, 7) is 0. The Morgan fingerprint density at radius 2 is 1.91 bits per heavy atom. The van der Waals surface area contributed by atoms with Gasteiger partial charge in [-0.3, -0.25) is 0 Å². The second-order valence-electron chi connectivity index (χ2n) is 2.00. The SMILES string of the molecule is N#Cc1cnc(N)c(N)c1N. The fraction of sp³-hybridized carbons (Fsp3) is 0. The first-order chi connectivity index (χ1) is 5.16. The van der Waals surface area contributed by atoms with Crippen molar-refractivity contribution in [1.29, 1.82) is 5.26 Å². The van der Waals surface area contributed by atoms with Crippen molar-refractivity contribution in [1.82, 2.24) is 4.98 Å². The second kappa shape index (κ2) is 2.34. The Balaban J connectivity index is 3.40. The largest absolute Gasteiger partial charge is 0.396 e. The van der Waals surface area contributed by atoms with Crippen LogP contribution in [-0.2, 0) is 0 Å². The van der Waals surface area contributed by atoms with Crippen molar-refractivity contribution in [3.63, 3.8) is 0 Å². The van der Waals surface area contributed by atoms with Crippen molar-refractivity contribution in [3.8, 4) is 6.07 Å². The van der Waals surface area contributed by atoms with Crippen molar-refractivity contribution >= 4 is 17.2 Å². The van der Waals surface area contributed by atoms with Gasteiger partial charge in [-0.25, -0.2) is 4.98 Å². The lowest BCUT2D eigenvalue weighted by Gasteiger charge is -2.02. The Morgan fingerprint density at radius 3 is 2.45 bits per heavy atom. The number of nitrogens with two attached hydrogens (primary N) is 3. The summed E-state index contributed by atoms with van der Waals surface area (Å²) in [6, 6.07) is 1.84. The van der Waals surface area contributed by atoms with E-state index in [-0.39, 0.29) is 22.8 Å². The van der Waals surface area contributed by atoms with E-state index in [4.69, 9.17) is 22.5 Å². The molecular weight excluding hydrogens is 142 g/mol. The van der Waals surface area contributed by atoms with Gasteiger partial charge < -0.3 is 17.2 Å². The fourth-order valence-corrected chi connectivity index (χ4v) is 0.645. The Labute approximate surface area is 63.4 Å². The zero-order valence-electron chi connectivity index (χ0n) is 5.70. The molecule has 0 aliphatic rings. The van der Waals surface area contributed by atoms with E-state index in [2.05, 4.69) is 4.98 Å². The van der Waals surface area contributed by atoms with Gasteiger partial charge in [0.15, 0.2) is 0 Å². The molecule has 1 rings (SSSR count). The summed E-state index contributed by atoms with van der Waals surface area (Å²) in [6.07, 6.45) is 1.29. The maximum absolute atomic E-state index is 8.47. The van der Waals surface area contributed by atoms with Crippen molar-refractivity contribution in [2.75, 3.05) is 17.2 Å². The standard InChI is InChI=1S/C6H7N5/c7-1-3-2-11-6(10)5(9)4(3)8/h2H,9H2,(H4,8,10,11). The maximum atomic E-state index is 8.47. The van der Waals surface area contributed by atoms with Crippen molar-refractivity contribution in [2.45, 2.75) is 0 Å². The summed E-state index contributed by atoms with van der Waals surface area (Å²) in [7, 11) is 0. The van der Waals surface area contributed by atoms with Crippen LogP contribution in [0.15, 0.2) is 6.20 Å². The number of nitriles is 1. The molecular formula is C6H7N5. The highest BCUT2D eigenvalue weighted by atomic mass is 14.9. The minimum Gasteiger partial charge on any atom is -0.396 e. The summed E-state index contributed by atoms with van der Waals surface area (Å²) in [5.41, 5.74) is 16.8. The molecule has 0 bridgehead atoms. The number of aromatic nitrogens is 1. The molecule has 0 fully saturated rings. The minimum absolute atomic E-state index is 0.154. The number of nitrogens with zero attached hydrogens (tertiary/aromatic N) is 2. The van der Waals surface area contributed by atoms with Gasteiger partial charge in [-0.05, 0) is 0 Å². The smallest absolute Gasteiger partial charge is 0.148 e. The topological polar surface area (TPSA) is 115 Å². The lowest BCUT2D eigenvalue weighted by atomic mass is 10.2. The monoisotopic (exact) mass is 149 g/mol. The van der Waals surface area contributed by atoms with Crippen LogP contribution in [0.3, 0.4) is 0 Å². The zero-order valence-corrected chi connectivity index (χ0v) is 5.70. The lowest BCUT2D eigenvalue weighted by Crippen LogP contribution is -2.04. The maximum Gasteiger partial charge on any atom is 0.148 e. The highest BCUT2D eigenvalue weighted by molar-refractivity contribution is 5.78. The number of pyridine rings is 1. The van der Waals surface area contributed by atoms with Crippen LogP contribution in [0.4, 0.5) is 17.2 Å². The van der Waals surface area contributed by atoms with E-state index >= 15 is 0 Å². The van der Waals surface area contributed by atoms with Crippen LogP contribution in [0.2, 0.25) is 0 Å². The zero-order chi connectivity index (χ0) is 8.43. The molecule has 1 aromatic rings. The minimum atomic E-state index is 0.154. The Morgan fingerprint density at radius 1 is 1.27 bits per heavy atom. The summed E-state index contributed by atoms with van der Waals surface area (Å²) in [5, 5.41) is 8.47. The molecule has 0 aliphatic carbocycles. The van der Waals surface area contributed by atoms with Crippen LogP contribution in [0, 0.1) is 11.3 Å². The summed E-state index contributed by atoms with van der Waals surface area (Å²) in [4.78, 5) is 3.66. The molecule has 6 N–H and O–H groups in total. The average Bonchev–Trinajstić information content (AvgIpc) is 2.01. The molecule has 0 saturated carbocycles. The van der Waals surface area contributed by atoms with Gasteiger partial charge in [0, 0.05) is 6.20 Å². The quantitative estimate of drug-likeness (QED) is 0.468. The third-order valence-corrected chi connectivity index (χ3v) is 1.31. The molecule has 0 atom stereocenters. The van der Waals surface area contributed by atoms with E-state index in [9.17, 15) is 0 Å². The van der Waals surface area contributed by atoms with Crippen molar-refractivity contribution in [2.24, 2.45) is 0 Å². The van der Waals surface area contributed by atoms with Gasteiger partial charge in [0.05, 0.1) is 16.9 Å². The van der Waals surface area contributed by atoms with Crippen LogP contribution < -0.4 is 17.2 Å². The van der Waals surface area contributed by atoms with E-state index < -0.39 is 0 Å². The molecule has 11 heavy (non-hydrogen) atoms. The number of hydrogen-bond donors (Lipinski definition) is 3. The summed E-state index contributed by atoms with van der Waals surface area (Å²) >= 11 is 0.